The molecule has 1 aromatic heterocycles. The van der Waals surface area contributed by atoms with Crippen molar-refractivity contribution in [1.82, 2.24) is 5.32 Å². The van der Waals surface area contributed by atoms with E-state index in [1.165, 1.54) is 18.4 Å². The van der Waals surface area contributed by atoms with Gasteiger partial charge in [-0.2, -0.15) is 0 Å². The van der Waals surface area contributed by atoms with Crippen molar-refractivity contribution in [1.29, 1.82) is 0 Å². The Labute approximate surface area is 115 Å². The van der Waals surface area contributed by atoms with Crippen LogP contribution in [0.2, 0.25) is 10.2 Å². The number of hydrogen-bond acceptors (Lipinski definition) is 2. The molecule has 2 aromatic rings. The Bertz CT molecular complexity index is 542. The molecule has 18 heavy (non-hydrogen) atoms. The molecule has 0 aliphatic rings. The van der Waals surface area contributed by atoms with Gasteiger partial charge in [0.15, 0.2) is 5.22 Å². The van der Waals surface area contributed by atoms with Gasteiger partial charge in [0, 0.05) is 16.6 Å². The third-order valence-electron chi connectivity index (χ3n) is 2.81. The monoisotopic (exact) mass is 287 g/mol. The number of hydrogen-bond donors (Lipinski definition) is 1. The highest BCUT2D eigenvalue weighted by Gasteiger charge is 2.17. The largest absolute Gasteiger partial charge is 0.453 e. The van der Waals surface area contributed by atoms with Gasteiger partial charge >= 0.3 is 0 Å². The van der Waals surface area contributed by atoms with Crippen molar-refractivity contribution in [3.63, 3.8) is 0 Å². The summed E-state index contributed by atoms with van der Waals surface area (Å²) < 4.78 is 18.0. The average molecular weight is 288 g/mol. The maximum absolute atomic E-state index is 13.0. The predicted octanol–water partition coefficient (Wildman–Crippen LogP) is 4.23. The highest BCUT2D eigenvalue weighted by molar-refractivity contribution is 6.31. The number of benzene rings is 1. The molecular formula is C13H12Cl2FNO. The molecule has 0 aliphatic heterocycles. The summed E-state index contributed by atoms with van der Waals surface area (Å²) in [6.07, 6.45) is 2.14. The molecule has 0 amide bonds. The lowest BCUT2D eigenvalue weighted by atomic mass is 10.0. The van der Waals surface area contributed by atoms with Crippen LogP contribution in [0.25, 0.3) is 0 Å². The molecule has 96 valence electrons. The lowest BCUT2D eigenvalue weighted by Gasteiger charge is -2.16. The van der Waals surface area contributed by atoms with Gasteiger partial charge in [0.25, 0.3) is 0 Å². The Morgan fingerprint density at radius 2 is 2.11 bits per heavy atom. The Balaban J connectivity index is 2.23. The molecule has 1 atom stereocenters. The molecule has 5 heteroatoms. The summed E-state index contributed by atoms with van der Waals surface area (Å²) in [6, 6.07) is 6.15. The van der Waals surface area contributed by atoms with Crippen LogP contribution in [-0.4, -0.2) is 7.05 Å². The van der Waals surface area contributed by atoms with Crippen LogP contribution in [0.15, 0.2) is 34.9 Å². The van der Waals surface area contributed by atoms with Crippen LogP contribution >= 0.6 is 23.2 Å². The van der Waals surface area contributed by atoms with Crippen LogP contribution in [0.1, 0.15) is 17.2 Å². The number of likely N-dealkylation sites (N-methyl/N-ethyl adjacent to an activating group) is 1. The van der Waals surface area contributed by atoms with Crippen molar-refractivity contribution in [2.75, 3.05) is 7.05 Å². The summed E-state index contributed by atoms with van der Waals surface area (Å²) >= 11 is 12.0. The van der Waals surface area contributed by atoms with E-state index in [1.807, 2.05) is 7.05 Å². The first-order valence-corrected chi connectivity index (χ1v) is 6.21. The van der Waals surface area contributed by atoms with E-state index < -0.39 is 0 Å². The lowest BCUT2D eigenvalue weighted by Crippen LogP contribution is -2.18. The molecule has 2 rings (SSSR count). The summed E-state index contributed by atoms with van der Waals surface area (Å²) in [5, 5.41) is 3.90. The highest BCUT2D eigenvalue weighted by Crippen LogP contribution is 2.28. The Hall–Kier alpha value is -1.03. The molecule has 1 N–H and O–H groups in total. The molecule has 1 heterocycles. The number of rotatable bonds is 4. The van der Waals surface area contributed by atoms with Gasteiger partial charge in [-0.25, -0.2) is 4.39 Å². The van der Waals surface area contributed by atoms with Crippen molar-refractivity contribution in [2.24, 2.45) is 0 Å². The second kappa shape index (κ2) is 5.74. The van der Waals surface area contributed by atoms with Crippen LogP contribution in [0.3, 0.4) is 0 Å². The molecule has 0 fully saturated rings. The molecule has 0 radical (unpaired) electrons. The lowest BCUT2D eigenvalue weighted by molar-refractivity contribution is 0.544. The zero-order valence-electron chi connectivity index (χ0n) is 9.71. The van der Waals surface area contributed by atoms with Gasteiger partial charge in [-0.1, -0.05) is 17.7 Å². The zero-order chi connectivity index (χ0) is 13.1. The first kappa shape index (κ1) is 13.4. The second-order valence-corrected chi connectivity index (χ2v) is 4.68. The van der Waals surface area contributed by atoms with Gasteiger partial charge in [-0.3, -0.25) is 0 Å². The third-order valence-corrected chi connectivity index (χ3v) is 3.47. The molecule has 0 saturated carbocycles. The molecule has 0 spiro atoms. The van der Waals surface area contributed by atoms with E-state index in [0.29, 0.717) is 16.7 Å². The minimum absolute atomic E-state index is 0.0285. The van der Waals surface area contributed by atoms with Gasteiger partial charge in [0.05, 0.1) is 6.26 Å². The standard InChI is InChI=1S/C13H12Cl2FNO/c1-17-12(10-4-5-18-13(10)15)6-8-2-3-9(16)7-11(8)14/h2-5,7,12,17H,6H2,1H3. The Kier molecular flexibility index (Phi) is 4.27. The fraction of sp³-hybridized carbons (Fsp3) is 0.231. The average Bonchev–Trinajstić information content (AvgIpc) is 2.75. The van der Waals surface area contributed by atoms with Crippen LogP contribution in [0.5, 0.6) is 0 Å². The highest BCUT2D eigenvalue weighted by atomic mass is 35.5. The normalized spacial score (nSPS) is 12.7. The molecule has 1 aromatic carbocycles. The minimum Gasteiger partial charge on any atom is -0.453 e. The first-order valence-electron chi connectivity index (χ1n) is 5.46. The van der Waals surface area contributed by atoms with E-state index in [2.05, 4.69) is 5.32 Å². The Morgan fingerprint density at radius 1 is 1.33 bits per heavy atom. The van der Waals surface area contributed by atoms with Gasteiger partial charge < -0.3 is 9.73 Å². The summed E-state index contributed by atoms with van der Waals surface area (Å²) in [5.74, 6) is -0.342. The number of nitrogens with one attached hydrogen (secondary N) is 1. The van der Waals surface area contributed by atoms with Crippen LogP contribution in [0, 0.1) is 5.82 Å². The smallest absolute Gasteiger partial charge is 0.197 e. The van der Waals surface area contributed by atoms with Gasteiger partial charge in [0.2, 0.25) is 0 Å². The minimum atomic E-state index is -0.342. The van der Waals surface area contributed by atoms with E-state index >= 15 is 0 Å². The van der Waals surface area contributed by atoms with Crippen LogP contribution < -0.4 is 5.32 Å². The number of furan rings is 1. The van der Waals surface area contributed by atoms with E-state index in [-0.39, 0.29) is 11.9 Å². The first-order chi connectivity index (χ1) is 8.61. The third kappa shape index (κ3) is 2.86. The van der Waals surface area contributed by atoms with Gasteiger partial charge in [0.1, 0.15) is 5.82 Å². The molecule has 0 saturated heterocycles. The summed E-state index contributed by atoms with van der Waals surface area (Å²) in [7, 11) is 1.82. The van der Waals surface area contributed by atoms with E-state index in [4.69, 9.17) is 27.6 Å². The topological polar surface area (TPSA) is 25.2 Å². The predicted molar refractivity (Wildman–Crippen MR) is 70.6 cm³/mol. The van der Waals surface area contributed by atoms with Crippen molar-refractivity contribution < 1.29 is 8.81 Å². The van der Waals surface area contributed by atoms with Gasteiger partial charge in [-0.05, 0) is 48.8 Å². The molecule has 0 aliphatic carbocycles. The van der Waals surface area contributed by atoms with Gasteiger partial charge in [-0.15, -0.1) is 0 Å². The molecular weight excluding hydrogens is 276 g/mol. The molecule has 0 bridgehead atoms. The summed E-state index contributed by atoms with van der Waals surface area (Å²) in [6.45, 7) is 0. The van der Waals surface area contributed by atoms with Crippen LogP contribution in [-0.2, 0) is 6.42 Å². The fourth-order valence-corrected chi connectivity index (χ4v) is 2.32. The SMILES string of the molecule is CNC(Cc1ccc(F)cc1Cl)c1ccoc1Cl. The quantitative estimate of drug-likeness (QED) is 0.910. The van der Waals surface area contributed by atoms with E-state index in [0.717, 1.165) is 11.1 Å². The van der Waals surface area contributed by atoms with Crippen molar-refractivity contribution >= 4 is 23.2 Å². The van der Waals surface area contributed by atoms with Crippen molar-refractivity contribution in [3.8, 4) is 0 Å². The molecule has 2 nitrogen and oxygen atoms in total. The second-order valence-electron chi connectivity index (χ2n) is 3.93. The summed E-state index contributed by atoms with van der Waals surface area (Å²) in [5.41, 5.74) is 1.72. The maximum Gasteiger partial charge on any atom is 0.197 e. The fourth-order valence-electron chi connectivity index (χ4n) is 1.83. The van der Waals surface area contributed by atoms with Crippen molar-refractivity contribution in [2.45, 2.75) is 12.5 Å². The van der Waals surface area contributed by atoms with Crippen molar-refractivity contribution in [3.05, 3.63) is 57.7 Å². The Morgan fingerprint density at radius 3 is 2.67 bits per heavy atom. The maximum atomic E-state index is 13.0. The zero-order valence-corrected chi connectivity index (χ0v) is 11.2. The number of halogens is 3. The van der Waals surface area contributed by atoms with E-state index in [1.54, 1.807) is 12.1 Å². The van der Waals surface area contributed by atoms with Crippen LogP contribution in [0.4, 0.5) is 4.39 Å². The molecule has 1 unspecified atom stereocenters. The van der Waals surface area contributed by atoms with E-state index in [9.17, 15) is 4.39 Å². The summed E-state index contributed by atoms with van der Waals surface area (Å²) in [4.78, 5) is 0.